The number of esters is 1. The van der Waals surface area contributed by atoms with E-state index in [0.29, 0.717) is 25.9 Å². The van der Waals surface area contributed by atoms with E-state index in [1.54, 1.807) is 0 Å². The minimum absolute atomic E-state index is 0.127. The molecule has 1 unspecified atom stereocenters. The Bertz CT molecular complexity index is 416. The Kier molecular flexibility index (Phi) is 6.38. The third-order valence-electron chi connectivity index (χ3n) is 3.69. The van der Waals surface area contributed by atoms with Crippen LogP contribution in [0.15, 0.2) is 0 Å². The fraction of sp³-hybridized carbons (Fsp3) is 0.917. The van der Waals surface area contributed by atoms with Gasteiger partial charge < -0.3 is 10.5 Å². The molecule has 0 aromatic heterocycles. The predicted molar refractivity (Wildman–Crippen MR) is 76.0 cm³/mol. The van der Waals surface area contributed by atoms with Gasteiger partial charge in [0.2, 0.25) is 0 Å². The molecule has 1 heterocycles. The lowest BCUT2D eigenvalue weighted by Crippen LogP contribution is -2.52. The van der Waals surface area contributed by atoms with Crippen molar-refractivity contribution in [1.29, 1.82) is 0 Å². The topological polar surface area (TPSA) is 102 Å². The van der Waals surface area contributed by atoms with E-state index in [9.17, 15) is 13.2 Å². The van der Waals surface area contributed by atoms with Gasteiger partial charge in [-0.3, -0.25) is 4.79 Å². The first-order valence-corrected chi connectivity index (χ1v) is 8.31. The highest BCUT2D eigenvalue weighted by molar-refractivity contribution is 7.87. The SMILES string of the molecule is COC(=O)C1CCN(S(=O)(=O)NC(CN)C(C)C)CC1. The summed E-state index contributed by atoms with van der Waals surface area (Å²) in [6.45, 7) is 4.75. The molecule has 0 bridgehead atoms. The molecular formula is C12H25N3O4S. The summed E-state index contributed by atoms with van der Waals surface area (Å²) in [5.41, 5.74) is 5.58. The lowest BCUT2D eigenvalue weighted by Gasteiger charge is -2.32. The second-order valence-electron chi connectivity index (χ2n) is 5.41. The third-order valence-corrected chi connectivity index (χ3v) is 5.33. The van der Waals surface area contributed by atoms with Crippen LogP contribution in [0.2, 0.25) is 0 Å². The standard InChI is InChI=1S/C12H25N3O4S/c1-9(2)11(8-13)14-20(17,18)15-6-4-10(5-7-15)12(16)19-3/h9-11,14H,4-8,13H2,1-3H3. The zero-order valence-electron chi connectivity index (χ0n) is 12.3. The zero-order chi connectivity index (χ0) is 15.3. The number of piperidine rings is 1. The molecule has 1 rings (SSSR count). The van der Waals surface area contributed by atoms with Gasteiger partial charge in [-0.25, -0.2) is 0 Å². The van der Waals surface area contributed by atoms with Crippen LogP contribution in [0.25, 0.3) is 0 Å². The van der Waals surface area contributed by atoms with Gasteiger partial charge in [-0.05, 0) is 18.8 Å². The average molecular weight is 307 g/mol. The lowest BCUT2D eigenvalue weighted by molar-refractivity contribution is -0.146. The molecule has 8 heteroatoms. The Morgan fingerprint density at radius 3 is 2.35 bits per heavy atom. The van der Waals surface area contributed by atoms with Gasteiger partial charge in [0.05, 0.1) is 13.0 Å². The van der Waals surface area contributed by atoms with E-state index >= 15 is 0 Å². The normalized spacial score (nSPS) is 20.1. The molecule has 1 aliphatic rings. The van der Waals surface area contributed by atoms with Crippen LogP contribution in [0.4, 0.5) is 0 Å². The van der Waals surface area contributed by atoms with Crippen molar-refractivity contribution < 1.29 is 17.9 Å². The van der Waals surface area contributed by atoms with Crippen LogP contribution in [-0.4, -0.2) is 51.5 Å². The number of rotatable bonds is 6. The quantitative estimate of drug-likeness (QED) is 0.655. The molecule has 0 amide bonds. The number of ether oxygens (including phenoxy) is 1. The smallest absolute Gasteiger partial charge is 0.308 e. The molecular weight excluding hydrogens is 282 g/mol. The maximum absolute atomic E-state index is 12.2. The van der Waals surface area contributed by atoms with E-state index in [1.165, 1.54) is 11.4 Å². The first-order valence-electron chi connectivity index (χ1n) is 6.87. The molecule has 1 saturated heterocycles. The molecule has 7 nitrogen and oxygen atoms in total. The highest BCUT2D eigenvalue weighted by atomic mass is 32.2. The van der Waals surface area contributed by atoms with Crippen LogP contribution >= 0.6 is 0 Å². The molecule has 20 heavy (non-hydrogen) atoms. The van der Waals surface area contributed by atoms with Gasteiger partial charge in [-0.15, -0.1) is 0 Å². The molecule has 0 aliphatic carbocycles. The van der Waals surface area contributed by atoms with Crippen molar-refractivity contribution in [2.75, 3.05) is 26.7 Å². The van der Waals surface area contributed by atoms with Crippen molar-refractivity contribution in [1.82, 2.24) is 9.03 Å². The number of nitrogens with one attached hydrogen (secondary N) is 1. The van der Waals surface area contributed by atoms with Gasteiger partial charge in [-0.2, -0.15) is 17.4 Å². The largest absolute Gasteiger partial charge is 0.469 e. The van der Waals surface area contributed by atoms with E-state index in [1.807, 2.05) is 13.8 Å². The second-order valence-corrected chi connectivity index (χ2v) is 7.11. The summed E-state index contributed by atoms with van der Waals surface area (Å²) in [5.74, 6) is -0.346. The van der Waals surface area contributed by atoms with Crippen molar-refractivity contribution >= 4 is 16.2 Å². The molecule has 1 atom stereocenters. The van der Waals surface area contributed by atoms with E-state index < -0.39 is 10.2 Å². The Morgan fingerprint density at radius 2 is 1.95 bits per heavy atom. The zero-order valence-corrected chi connectivity index (χ0v) is 13.1. The highest BCUT2D eigenvalue weighted by Crippen LogP contribution is 2.20. The highest BCUT2D eigenvalue weighted by Gasteiger charge is 2.32. The number of hydrogen-bond donors (Lipinski definition) is 2. The van der Waals surface area contributed by atoms with E-state index in [2.05, 4.69) is 9.46 Å². The van der Waals surface area contributed by atoms with Crippen LogP contribution in [0.5, 0.6) is 0 Å². The molecule has 0 aromatic carbocycles. The van der Waals surface area contributed by atoms with Crippen LogP contribution in [0, 0.1) is 11.8 Å². The number of nitrogens with two attached hydrogens (primary N) is 1. The minimum Gasteiger partial charge on any atom is -0.469 e. The van der Waals surface area contributed by atoms with Crippen LogP contribution in [-0.2, 0) is 19.7 Å². The van der Waals surface area contributed by atoms with Crippen molar-refractivity contribution in [3.8, 4) is 0 Å². The molecule has 1 aliphatic heterocycles. The number of methoxy groups -OCH3 is 1. The van der Waals surface area contributed by atoms with E-state index in [-0.39, 0.29) is 30.4 Å². The van der Waals surface area contributed by atoms with Crippen LogP contribution in [0.3, 0.4) is 0 Å². The first-order chi connectivity index (χ1) is 9.31. The maximum atomic E-state index is 12.2. The maximum Gasteiger partial charge on any atom is 0.308 e. The van der Waals surface area contributed by atoms with Gasteiger partial charge in [-0.1, -0.05) is 13.8 Å². The molecule has 1 fully saturated rings. The molecule has 3 N–H and O–H groups in total. The van der Waals surface area contributed by atoms with Crippen molar-refractivity contribution in [2.45, 2.75) is 32.7 Å². The van der Waals surface area contributed by atoms with Gasteiger partial charge in [0.15, 0.2) is 0 Å². The van der Waals surface area contributed by atoms with Crippen molar-refractivity contribution in [3.05, 3.63) is 0 Å². The minimum atomic E-state index is -3.54. The summed E-state index contributed by atoms with van der Waals surface area (Å²) in [4.78, 5) is 11.4. The van der Waals surface area contributed by atoms with Gasteiger partial charge >= 0.3 is 5.97 Å². The summed E-state index contributed by atoms with van der Waals surface area (Å²) in [5, 5.41) is 0. The Hall–Kier alpha value is -0.700. The second kappa shape index (κ2) is 7.35. The fourth-order valence-electron chi connectivity index (χ4n) is 2.22. The van der Waals surface area contributed by atoms with Gasteiger partial charge in [0.25, 0.3) is 10.2 Å². The summed E-state index contributed by atoms with van der Waals surface area (Å²) in [7, 11) is -2.20. The molecule has 0 spiro atoms. The van der Waals surface area contributed by atoms with E-state index in [4.69, 9.17) is 5.73 Å². The summed E-state index contributed by atoms with van der Waals surface area (Å²) in [6, 6.07) is -0.279. The summed E-state index contributed by atoms with van der Waals surface area (Å²) in [6.07, 6.45) is 0.977. The first kappa shape index (κ1) is 17.4. The van der Waals surface area contributed by atoms with Gasteiger partial charge in [0, 0.05) is 25.7 Å². The average Bonchev–Trinajstić information content (AvgIpc) is 2.43. The number of carbonyl (C=O) groups excluding carboxylic acids is 1. The molecule has 118 valence electrons. The number of carbonyl (C=O) groups is 1. The third kappa shape index (κ3) is 4.41. The monoisotopic (exact) mass is 307 g/mol. The summed E-state index contributed by atoms with van der Waals surface area (Å²) < 4.78 is 33.2. The van der Waals surface area contributed by atoms with E-state index in [0.717, 1.165) is 0 Å². The van der Waals surface area contributed by atoms with Crippen molar-refractivity contribution in [2.24, 2.45) is 17.6 Å². The Balaban J connectivity index is 2.61. The van der Waals surface area contributed by atoms with Crippen LogP contribution in [0.1, 0.15) is 26.7 Å². The predicted octanol–water partition coefficient (Wildman–Crippen LogP) is -0.311. The Labute approximate surface area is 121 Å². The summed E-state index contributed by atoms with van der Waals surface area (Å²) >= 11 is 0. The molecule has 0 saturated carbocycles. The fourth-order valence-corrected chi connectivity index (χ4v) is 3.81. The Morgan fingerprint density at radius 1 is 1.40 bits per heavy atom. The number of nitrogens with zero attached hydrogens (tertiary/aromatic N) is 1. The lowest BCUT2D eigenvalue weighted by atomic mass is 9.99. The molecule has 0 aromatic rings. The van der Waals surface area contributed by atoms with Crippen molar-refractivity contribution in [3.63, 3.8) is 0 Å². The van der Waals surface area contributed by atoms with Crippen LogP contribution < -0.4 is 10.5 Å². The number of hydrogen-bond acceptors (Lipinski definition) is 5. The molecule has 0 radical (unpaired) electrons. The van der Waals surface area contributed by atoms with Gasteiger partial charge in [0.1, 0.15) is 0 Å².